The van der Waals surface area contributed by atoms with Crippen molar-refractivity contribution >= 4 is 52.9 Å². The molecule has 0 saturated carbocycles. The van der Waals surface area contributed by atoms with Crippen molar-refractivity contribution in [1.29, 1.82) is 0 Å². The Balaban J connectivity index is 1.76. The van der Waals surface area contributed by atoms with Crippen LogP contribution < -0.4 is 15.5 Å². The molecule has 3 aromatic rings. The highest BCUT2D eigenvalue weighted by Gasteiger charge is 2.23. The van der Waals surface area contributed by atoms with Gasteiger partial charge in [-0.1, -0.05) is 42.5 Å². The molecule has 9 nitrogen and oxygen atoms in total. The first-order valence-corrected chi connectivity index (χ1v) is 12.1. The number of rotatable bonds is 9. The normalized spacial score (nSPS) is 10.2. The molecule has 37 heavy (non-hydrogen) atoms. The Morgan fingerprint density at radius 2 is 1.57 bits per heavy atom. The fourth-order valence-corrected chi connectivity index (χ4v) is 3.85. The van der Waals surface area contributed by atoms with Gasteiger partial charge in [0.15, 0.2) is 0 Å². The summed E-state index contributed by atoms with van der Waals surface area (Å²) in [5.41, 5.74) is 2.56. The van der Waals surface area contributed by atoms with Gasteiger partial charge >= 0.3 is 12.0 Å². The Hall–Kier alpha value is -4.31. The molecule has 192 valence electrons. The SMILES string of the molecule is CC(=O)OSc1ccccc1NC(=O)CN(CC(=O)N(C)c1ccccc1)C(=O)Nc1cccc(C)c1. The van der Waals surface area contributed by atoms with E-state index in [9.17, 15) is 19.2 Å². The second-order valence-electron chi connectivity index (χ2n) is 8.15. The van der Waals surface area contributed by atoms with Crippen molar-refractivity contribution in [2.45, 2.75) is 18.7 Å². The molecule has 4 amide bonds. The molecule has 0 atom stereocenters. The number of hydrogen-bond acceptors (Lipinski definition) is 6. The number of nitrogens with one attached hydrogen (secondary N) is 2. The molecular weight excluding hydrogens is 492 g/mol. The molecule has 0 radical (unpaired) electrons. The number of hydrogen-bond donors (Lipinski definition) is 2. The Bertz CT molecular complexity index is 1270. The molecule has 0 bridgehead atoms. The number of benzene rings is 3. The summed E-state index contributed by atoms with van der Waals surface area (Å²) in [6, 6.07) is 22.4. The second-order valence-corrected chi connectivity index (χ2v) is 8.92. The summed E-state index contributed by atoms with van der Waals surface area (Å²) >= 11 is 0.820. The summed E-state index contributed by atoms with van der Waals surface area (Å²) in [4.78, 5) is 53.4. The van der Waals surface area contributed by atoms with Gasteiger partial charge in [0.25, 0.3) is 0 Å². The quantitative estimate of drug-likeness (QED) is 0.396. The summed E-state index contributed by atoms with van der Waals surface area (Å²) in [5.74, 6) is -1.37. The van der Waals surface area contributed by atoms with Crippen molar-refractivity contribution in [2.24, 2.45) is 0 Å². The van der Waals surface area contributed by atoms with Crippen LogP contribution in [0.15, 0.2) is 83.8 Å². The molecule has 0 heterocycles. The average Bonchev–Trinajstić information content (AvgIpc) is 2.87. The van der Waals surface area contributed by atoms with Crippen molar-refractivity contribution in [3.05, 3.63) is 84.4 Å². The number of anilines is 3. The van der Waals surface area contributed by atoms with Crippen LogP contribution in [-0.4, -0.2) is 48.9 Å². The van der Waals surface area contributed by atoms with Crippen LogP contribution in [0.2, 0.25) is 0 Å². The second kappa shape index (κ2) is 13.1. The molecule has 0 aromatic heterocycles. The predicted octanol–water partition coefficient (Wildman–Crippen LogP) is 4.70. The van der Waals surface area contributed by atoms with Crippen molar-refractivity contribution in [2.75, 3.05) is 35.7 Å². The van der Waals surface area contributed by atoms with Crippen LogP contribution in [-0.2, 0) is 18.6 Å². The third-order valence-electron chi connectivity index (χ3n) is 5.14. The molecule has 10 heteroatoms. The summed E-state index contributed by atoms with van der Waals surface area (Å²) in [7, 11) is 1.61. The highest BCUT2D eigenvalue weighted by Crippen LogP contribution is 2.27. The number of amides is 4. The summed E-state index contributed by atoms with van der Waals surface area (Å²) < 4.78 is 4.97. The van der Waals surface area contributed by atoms with Crippen LogP contribution in [0.5, 0.6) is 0 Å². The topological polar surface area (TPSA) is 108 Å². The van der Waals surface area contributed by atoms with E-state index < -0.39 is 24.5 Å². The van der Waals surface area contributed by atoms with Gasteiger partial charge in [-0.05, 0) is 48.9 Å². The van der Waals surface area contributed by atoms with E-state index in [4.69, 9.17) is 4.18 Å². The molecule has 0 saturated heterocycles. The minimum absolute atomic E-state index is 0.333. The Morgan fingerprint density at radius 1 is 0.865 bits per heavy atom. The summed E-state index contributed by atoms with van der Waals surface area (Å²) in [5, 5.41) is 5.48. The van der Waals surface area contributed by atoms with Crippen LogP contribution >= 0.6 is 12.0 Å². The van der Waals surface area contributed by atoms with E-state index in [1.165, 1.54) is 11.8 Å². The standard InChI is InChI=1S/C27H28N4O5S/c1-19-10-9-11-21(16-19)28-27(35)31(18-26(34)30(3)22-12-5-4-6-13-22)17-25(33)29-23-14-7-8-15-24(23)37-36-20(2)32/h4-16H,17-18H2,1-3H3,(H,28,35)(H,29,33). The highest BCUT2D eigenvalue weighted by atomic mass is 32.2. The third kappa shape index (κ3) is 8.39. The summed E-state index contributed by atoms with van der Waals surface area (Å²) in [6.45, 7) is 2.45. The maximum atomic E-state index is 13.2. The van der Waals surface area contributed by atoms with Crippen molar-refractivity contribution in [3.63, 3.8) is 0 Å². The number of likely N-dealkylation sites (N-methyl/N-ethyl adjacent to an activating group) is 1. The minimum Gasteiger partial charge on any atom is -0.386 e. The molecule has 0 unspecified atom stereocenters. The predicted molar refractivity (Wildman–Crippen MR) is 144 cm³/mol. The fourth-order valence-electron chi connectivity index (χ4n) is 3.30. The molecule has 0 aliphatic rings. The highest BCUT2D eigenvalue weighted by molar-refractivity contribution is 7.95. The molecule has 0 spiro atoms. The zero-order valence-electron chi connectivity index (χ0n) is 20.8. The van der Waals surface area contributed by atoms with Gasteiger partial charge in [0.2, 0.25) is 11.8 Å². The lowest BCUT2D eigenvalue weighted by atomic mass is 10.2. The lowest BCUT2D eigenvalue weighted by Crippen LogP contribution is -2.46. The first kappa shape index (κ1) is 27.3. The number of carbonyl (C=O) groups excluding carboxylic acids is 4. The maximum Gasteiger partial charge on any atom is 0.322 e. The number of urea groups is 1. The molecule has 2 N–H and O–H groups in total. The zero-order valence-corrected chi connectivity index (χ0v) is 21.6. The van der Waals surface area contributed by atoms with Gasteiger partial charge in [-0.3, -0.25) is 14.4 Å². The molecule has 3 aromatic carbocycles. The molecule has 3 rings (SSSR count). The van der Waals surface area contributed by atoms with Crippen molar-refractivity contribution in [3.8, 4) is 0 Å². The van der Waals surface area contributed by atoms with Gasteiger partial charge in [0, 0.05) is 25.3 Å². The van der Waals surface area contributed by atoms with Gasteiger partial charge < -0.3 is 24.6 Å². The Labute approximate surface area is 220 Å². The lowest BCUT2D eigenvalue weighted by Gasteiger charge is -2.25. The van der Waals surface area contributed by atoms with Gasteiger partial charge in [0.1, 0.15) is 13.1 Å². The zero-order chi connectivity index (χ0) is 26.8. The Morgan fingerprint density at radius 3 is 2.27 bits per heavy atom. The smallest absolute Gasteiger partial charge is 0.322 e. The van der Waals surface area contributed by atoms with Gasteiger partial charge in [-0.25, -0.2) is 4.79 Å². The van der Waals surface area contributed by atoms with E-state index in [-0.39, 0.29) is 12.5 Å². The van der Waals surface area contributed by atoms with E-state index in [0.29, 0.717) is 22.0 Å². The monoisotopic (exact) mass is 520 g/mol. The molecule has 0 aliphatic heterocycles. The number of carbonyl (C=O) groups is 4. The van der Waals surface area contributed by atoms with Crippen LogP contribution in [0, 0.1) is 6.92 Å². The van der Waals surface area contributed by atoms with Crippen molar-refractivity contribution < 1.29 is 23.4 Å². The van der Waals surface area contributed by atoms with E-state index in [1.807, 2.05) is 19.1 Å². The largest absolute Gasteiger partial charge is 0.386 e. The molecule has 0 aliphatic carbocycles. The molecular formula is C27H28N4O5S. The van der Waals surface area contributed by atoms with Crippen LogP contribution in [0.4, 0.5) is 21.9 Å². The number of aryl methyl sites for hydroxylation is 1. The number of nitrogens with zero attached hydrogens (tertiary/aromatic N) is 2. The van der Waals surface area contributed by atoms with Crippen LogP contribution in [0.1, 0.15) is 12.5 Å². The van der Waals surface area contributed by atoms with E-state index >= 15 is 0 Å². The van der Waals surface area contributed by atoms with E-state index in [0.717, 1.165) is 22.5 Å². The molecule has 0 fully saturated rings. The van der Waals surface area contributed by atoms with E-state index in [1.54, 1.807) is 73.8 Å². The van der Waals surface area contributed by atoms with Crippen molar-refractivity contribution in [1.82, 2.24) is 4.90 Å². The third-order valence-corrected chi connectivity index (χ3v) is 6.00. The average molecular weight is 521 g/mol. The maximum absolute atomic E-state index is 13.2. The Kier molecular flexibility index (Phi) is 9.68. The number of para-hydroxylation sites is 2. The van der Waals surface area contributed by atoms with Crippen LogP contribution in [0.25, 0.3) is 0 Å². The summed E-state index contributed by atoms with van der Waals surface area (Å²) in [6.07, 6.45) is 0. The first-order chi connectivity index (χ1) is 17.7. The minimum atomic E-state index is -0.599. The lowest BCUT2D eigenvalue weighted by molar-refractivity contribution is -0.130. The van der Waals surface area contributed by atoms with Gasteiger partial charge in [-0.2, -0.15) is 0 Å². The van der Waals surface area contributed by atoms with E-state index in [2.05, 4.69) is 10.6 Å². The first-order valence-electron chi connectivity index (χ1n) is 11.4. The van der Waals surface area contributed by atoms with Crippen LogP contribution in [0.3, 0.4) is 0 Å². The van der Waals surface area contributed by atoms with Gasteiger partial charge in [-0.15, -0.1) is 0 Å². The fraction of sp³-hybridized carbons (Fsp3) is 0.185. The van der Waals surface area contributed by atoms with Gasteiger partial charge in [0.05, 0.1) is 22.6 Å².